The molecular weight excluding hydrogens is 204 g/mol. The lowest BCUT2D eigenvalue weighted by Gasteiger charge is -2.13. The van der Waals surface area contributed by atoms with Gasteiger partial charge in [0.25, 0.3) is 0 Å². The van der Waals surface area contributed by atoms with E-state index < -0.39 is 0 Å². The normalized spacial score (nSPS) is 10.0. The molecule has 16 heavy (non-hydrogen) atoms. The Balaban J connectivity index is 2.77. The topological polar surface area (TPSA) is 61.4 Å². The highest BCUT2D eigenvalue weighted by Crippen LogP contribution is 2.21. The van der Waals surface area contributed by atoms with Crippen LogP contribution in [-0.4, -0.2) is 24.3 Å². The maximum absolute atomic E-state index is 11.4. The van der Waals surface area contributed by atoms with E-state index in [9.17, 15) is 4.79 Å². The number of carbonyl (C=O) groups is 1. The Morgan fingerprint density at radius 2 is 1.81 bits per heavy atom. The second-order valence-corrected chi connectivity index (χ2v) is 3.88. The average molecular weight is 222 g/mol. The number of hydrogen-bond donors (Lipinski definition) is 3. The van der Waals surface area contributed by atoms with Gasteiger partial charge in [0.1, 0.15) is 0 Å². The SMILES string of the molecule is Cc1cc(C)c(NC(=O)NCCO)c(C)c1. The van der Waals surface area contributed by atoms with Crippen LogP contribution in [0.15, 0.2) is 12.1 Å². The molecule has 1 aromatic carbocycles. The van der Waals surface area contributed by atoms with E-state index in [0.717, 1.165) is 16.8 Å². The minimum Gasteiger partial charge on any atom is -0.395 e. The van der Waals surface area contributed by atoms with Crippen LogP contribution in [0.3, 0.4) is 0 Å². The highest BCUT2D eigenvalue weighted by Gasteiger charge is 2.07. The molecule has 1 rings (SSSR count). The molecule has 88 valence electrons. The molecule has 4 heteroatoms. The number of benzene rings is 1. The number of amides is 2. The maximum Gasteiger partial charge on any atom is 0.319 e. The van der Waals surface area contributed by atoms with Crippen LogP contribution in [0.5, 0.6) is 0 Å². The van der Waals surface area contributed by atoms with Gasteiger partial charge in [-0.1, -0.05) is 17.7 Å². The van der Waals surface area contributed by atoms with Crippen LogP contribution in [-0.2, 0) is 0 Å². The van der Waals surface area contributed by atoms with E-state index in [4.69, 9.17) is 5.11 Å². The van der Waals surface area contributed by atoms with E-state index in [1.165, 1.54) is 5.56 Å². The van der Waals surface area contributed by atoms with E-state index >= 15 is 0 Å². The van der Waals surface area contributed by atoms with Crippen molar-refractivity contribution >= 4 is 11.7 Å². The molecule has 4 nitrogen and oxygen atoms in total. The highest BCUT2D eigenvalue weighted by molar-refractivity contribution is 5.91. The molecule has 0 saturated carbocycles. The molecule has 0 saturated heterocycles. The van der Waals surface area contributed by atoms with Gasteiger partial charge in [0, 0.05) is 12.2 Å². The molecule has 0 aliphatic heterocycles. The standard InChI is InChI=1S/C12H18N2O2/c1-8-6-9(2)11(10(3)7-8)14-12(16)13-4-5-15/h6-7,15H,4-5H2,1-3H3,(H2,13,14,16). The van der Waals surface area contributed by atoms with Gasteiger partial charge in [0.15, 0.2) is 0 Å². The fourth-order valence-corrected chi connectivity index (χ4v) is 1.70. The van der Waals surface area contributed by atoms with Crippen molar-refractivity contribution in [2.24, 2.45) is 0 Å². The molecule has 0 radical (unpaired) electrons. The number of aliphatic hydroxyl groups is 1. The summed E-state index contributed by atoms with van der Waals surface area (Å²) in [5.41, 5.74) is 4.09. The first-order valence-electron chi connectivity index (χ1n) is 5.28. The summed E-state index contributed by atoms with van der Waals surface area (Å²) in [5.74, 6) is 0. The Morgan fingerprint density at radius 1 is 1.25 bits per heavy atom. The fraction of sp³-hybridized carbons (Fsp3) is 0.417. The van der Waals surface area contributed by atoms with Crippen molar-refractivity contribution in [1.82, 2.24) is 5.32 Å². The molecule has 3 N–H and O–H groups in total. The zero-order valence-corrected chi connectivity index (χ0v) is 9.92. The number of carbonyl (C=O) groups excluding carboxylic acids is 1. The minimum absolute atomic E-state index is 0.0563. The van der Waals surface area contributed by atoms with Crippen LogP contribution in [0.4, 0.5) is 10.5 Å². The largest absolute Gasteiger partial charge is 0.395 e. The fourth-order valence-electron chi connectivity index (χ4n) is 1.70. The van der Waals surface area contributed by atoms with Crippen LogP contribution in [0.25, 0.3) is 0 Å². The summed E-state index contributed by atoms with van der Waals surface area (Å²) in [5, 5.41) is 13.9. The molecule has 0 aromatic heterocycles. The Bertz CT molecular complexity index is 366. The minimum atomic E-state index is -0.288. The number of rotatable bonds is 3. The summed E-state index contributed by atoms with van der Waals surface area (Å²) < 4.78 is 0. The first kappa shape index (κ1) is 12.5. The lowest BCUT2D eigenvalue weighted by atomic mass is 10.1. The van der Waals surface area contributed by atoms with E-state index in [2.05, 4.69) is 10.6 Å². The lowest BCUT2D eigenvalue weighted by molar-refractivity contribution is 0.244. The highest BCUT2D eigenvalue weighted by atomic mass is 16.3. The summed E-state index contributed by atoms with van der Waals surface area (Å²) in [4.78, 5) is 11.4. The Kier molecular flexibility index (Phi) is 4.31. The number of anilines is 1. The molecule has 0 atom stereocenters. The molecule has 2 amide bonds. The second kappa shape index (κ2) is 5.51. The Labute approximate surface area is 95.7 Å². The van der Waals surface area contributed by atoms with Gasteiger partial charge in [-0.3, -0.25) is 0 Å². The monoisotopic (exact) mass is 222 g/mol. The summed E-state index contributed by atoms with van der Waals surface area (Å²) in [7, 11) is 0. The van der Waals surface area contributed by atoms with Crippen molar-refractivity contribution in [2.75, 3.05) is 18.5 Å². The smallest absolute Gasteiger partial charge is 0.319 e. The third-order valence-corrected chi connectivity index (χ3v) is 2.31. The van der Waals surface area contributed by atoms with Crippen LogP contribution >= 0.6 is 0 Å². The van der Waals surface area contributed by atoms with Crippen molar-refractivity contribution < 1.29 is 9.90 Å². The number of hydrogen-bond acceptors (Lipinski definition) is 2. The van der Waals surface area contributed by atoms with Gasteiger partial charge in [-0.15, -0.1) is 0 Å². The van der Waals surface area contributed by atoms with Crippen molar-refractivity contribution in [3.63, 3.8) is 0 Å². The second-order valence-electron chi connectivity index (χ2n) is 3.88. The zero-order chi connectivity index (χ0) is 12.1. The predicted molar refractivity (Wildman–Crippen MR) is 64.8 cm³/mol. The van der Waals surface area contributed by atoms with E-state index in [1.54, 1.807) is 0 Å². The van der Waals surface area contributed by atoms with Gasteiger partial charge in [-0.25, -0.2) is 4.79 Å². The van der Waals surface area contributed by atoms with E-state index in [-0.39, 0.29) is 19.2 Å². The molecule has 0 heterocycles. The average Bonchev–Trinajstić information content (AvgIpc) is 2.20. The van der Waals surface area contributed by atoms with Gasteiger partial charge in [-0.2, -0.15) is 0 Å². The molecule has 0 aliphatic carbocycles. The molecule has 0 fully saturated rings. The molecule has 0 bridgehead atoms. The number of urea groups is 1. The summed E-state index contributed by atoms with van der Waals surface area (Å²) >= 11 is 0. The predicted octanol–water partition coefficient (Wildman–Crippen LogP) is 1.73. The first-order valence-corrected chi connectivity index (χ1v) is 5.28. The molecule has 0 aliphatic rings. The molecule has 0 unspecified atom stereocenters. The number of nitrogens with one attached hydrogen (secondary N) is 2. The molecule has 0 spiro atoms. The third-order valence-electron chi connectivity index (χ3n) is 2.31. The van der Waals surface area contributed by atoms with Crippen LogP contribution < -0.4 is 10.6 Å². The summed E-state index contributed by atoms with van der Waals surface area (Å²) in [6.07, 6.45) is 0. The van der Waals surface area contributed by atoms with E-state index in [0.29, 0.717) is 0 Å². The Hall–Kier alpha value is -1.55. The third kappa shape index (κ3) is 3.24. The van der Waals surface area contributed by atoms with Gasteiger partial charge in [0.2, 0.25) is 0 Å². The van der Waals surface area contributed by atoms with Crippen molar-refractivity contribution in [3.8, 4) is 0 Å². The quantitative estimate of drug-likeness (QED) is 0.729. The van der Waals surface area contributed by atoms with Gasteiger partial charge in [-0.05, 0) is 31.9 Å². The lowest BCUT2D eigenvalue weighted by Crippen LogP contribution is -2.31. The summed E-state index contributed by atoms with van der Waals surface area (Å²) in [6.45, 7) is 6.15. The number of aryl methyl sites for hydroxylation is 3. The van der Waals surface area contributed by atoms with Crippen molar-refractivity contribution in [1.29, 1.82) is 0 Å². The zero-order valence-electron chi connectivity index (χ0n) is 9.92. The first-order chi connectivity index (χ1) is 7.54. The van der Waals surface area contributed by atoms with Gasteiger partial charge in [0.05, 0.1) is 6.61 Å². The van der Waals surface area contributed by atoms with E-state index in [1.807, 2.05) is 32.9 Å². The van der Waals surface area contributed by atoms with Gasteiger partial charge >= 0.3 is 6.03 Å². The molecule has 1 aromatic rings. The maximum atomic E-state index is 11.4. The van der Waals surface area contributed by atoms with Gasteiger partial charge < -0.3 is 15.7 Å². The molecular formula is C12H18N2O2. The van der Waals surface area contributed by atoms with Crippen LogP contribution in [0, 0.1) is 20.8 Å². The van der Waals surface area contributed by atoms with Crippen LogP contribution in [0.2, 0.25) is 0 Å². The van der Waals surface area contributed by atoms with Crippen molar-refractivity contribution in [2.45, 2.75) is 20.8 Å². The van der Waals surface area contributed by atoms with Crippen molar-refractivity contribution in [3.05, 3.63) is 28.8 Å². The summed E-state index contributed by atoms with van der Waals surface area (Å²) in [6, 6.07) is 3.76. The Morgan fingerprint density at radius 3 is 2.31 bits per heavy atom. The van der Waals surface area contributed by atoms with Crippen LogP contribution in [0.1, 0.15) is 16.7 Å². The number of aliphatic hydroxyl groups excluding tert-OH is 1.